The van der Waals surface area contributed by atoms with E-state index in [0.29, 0.717) is 13.2 Å². The van der Waals surface area contributed by atoms with E-state index in [2.05, 4.69) is 10.3 Å². The van der Waals surface area contributed by atoms with E-state index in [-0.39, 0.29) is 6.04 Å². The second-order valence-corrected chi connectivity index (χ2v) is 3.79. The van der Waals surface area contributed by atoms with Gasteiger partial charge in [0.25, 0.3) is 0 Å². The molecular formula is C11H16N2O2. The summed E-state index contributed by atoms with van der Waals surface area (Å²) in [6.07, 6.45) is 3.49. The Balaban J connectivity index is 2.10. The van der Waals surface area contributed by atoms with Gasteiger partial charge in [-0.15, -0.1) is 0 Å². The molecule has 1 aromatic heterocycles. The van der Waals surface area contributed by atoms with Crippen molar-refractivity contribution in [2.75, 3.05) is 20.3 Å². The van der Waals surface area contributed by atoms with Crippen molar-refractivity contribution in [1.82, 2.24) is 10.3 Å². The quantitative estimate of drug-likeness (QED) is 0.784. The van der Waals surface area contributed by atoms with E-state index in [9.17, 15) is 0 Å². The Morgan fingerprint density at radius 3 is 2.47 bits per heavy atom. The predicted octanol–water partition coefficient (Wildman–Crippen LogP) is 0.889. The van der Waals surface area contributed by atoms with Crippen molar-refractivity contribution in [3.63, 3.8) is 0 Å². The van der Waals surface area contributed by atoms with Gasteiger partial charge < -0.3 is 14.8 Å². The normalized spacial score (nSPS) is 31.5. The van der Waals surface area contributed by atoms with E-state index < -0.39 is 5.79 Å². The Morgan fingerprint density at radius 1 is 1.33 bits per heavy atom. The van der Waals surface area contributed by atoms with Crippen LogP contribution in [-0.2, 0) is 15.3 Å². The third-order valence-corrected chi connectivity index (χ3v) is 2.73. The molecule has 2 rings (SSSR count). The SMILES string of the molecule is CNC1COC(C)(c2ccncc2)OC1. The molecule has 2 heterocycles. The summed E-state index contributed by atoms with van der Waals surface area (Å²) in [6.45, 7) is 3.26. The zero-order valence-electron chi connectivity index (χ0n) is 9.06. The fourth-order valence-corrected chi connectivity index (χ4v) is 1.60. The van der Waals surface area contributed by atoms with Crippen LogP contribution in [0.15, 0.2) is 24.5 Å². The van der Waals surface area contributed by atoms with Gasteiger partial charge in [-0.1, -0.05) is 0 Å². The minimum absolute atomic E-state index is 0.278. The van der Waals surface area contributed by atoms with Gasteiger partial charge in [0.05, 0.1) is 19.3 Å². The first-order chi connectivity index (χ1) is 7.24. The second kappa shape index (κ2) is 4.26. The molecule has 0 radical (unpaired) electrons. The van der Waals surface area contributed by atoms with Crippen molar-refractivity contribution >= 4 is 0 Å². The monoisotopic (exact) mass is 208 g/mol. The van der Waals surface area contributed by atoms with Crippen LogP contribution in [0.4, 0.5) is 0 Å². The molecule has 0 amide bonds. The van der Waals surface area contributed by atoms with Crippen molar-refractivity contribution in [2.45, 2.75) is 18.8 Å². The Labute approximate surface area is 89.6 Å². The van der Waals surface area contributed by atoms with Crippen molar-refractivity contribution in [3.8, 4) is 0 Å². The molecule has 82 valence electrons. The van der Waals surface area contributed by atoms with Gasteiger partial charge >= 0.3 is 0 Å². The number of hydrogen-bond donors (Lipinski definition) is 1. The molecule has 4 nitrogen and oxygen atoms in total. The smallest absolute Gasteiger partial charge is 0.192 e. The summed E-state index contributed by atoms with van der Waals surface area (Å²) in [4.78, 5) is 3.98. The standard InChI is InChI=1S/C11H16N2O2/c1-11(9-3-5-13-6-4-9)14-7-10(12-2)8-15-11/h3-6,10,12H,7-8H2,1-2H3. The van der Waals surface area contributed by atoms with Gasteiger partial charge in [0, 0.05) is 18.0 Å². The number of pyridine rings is 1. The van der Waals surface area contributed by atoms with Crippen LogP contribution in [-0.4, -0.2) is 31.3 Å². The molecule has 1 aliphatic rings. The van der Waals surface area contributed by atoms with Crippen molar-refractivity contribution in [3.05, 3.63) is 30.1 Å². The molecule has 1 fully saturated rings. The van der Waals surface area contributed by atoms with Crippen LogP contribution in [0.1, 0.15) is 12.5 Å². The number of nitrogens with zero attached hydrogens (tertiary/aromatic N) is 1. The first kappa shape index (κ1) is 10.5. The molecule has 0 spiro atoms. The molecular weight excluding hydrogens is 192 g/mol. The highest BCUT2D eigenvalue weighted by atomic mass is 16.7. The fraction of sp³-hybridized carbons (Fsp3) is 0.545. The van der Waals surface area contributed by atoms with E-state index >= 15 is 0 Å². The van der Waals surface area contributed by atoms with E-state index in [4.69, 9.17) is 9.47 Å². The lowest BCUT2D eigenvalue weighted by Crippen LogP contribution is -2.47. The number of hydrogen-bond acceptors (Lipinski definition) is 4. The van der Waals surface area contributed by atoms with E-state index in [1.807, 2.05) is 26.1 Å². The van der Waals surface area contributed by atoms with Gasteiger partial charge in [-0.2, -0.15) is 0 Å². The summed E-state index contributed by atoms with van der Waals surface area (Å²) in [5.41, 5.74) is 1.01. The zero-order chi connectivity index (χ0) is 10.7. The van der Waals surface area contributed by atoms with Crippen LogP contribution in [0, 0.1) is 0 Å². The van der Waals surface area contributed by atoms with Crippen LogP contribution in [0.3, 0.4) is 0 Å². The van der Waals surface area contributed by atoms with Crippen LogP contribution >= 0.6 is 0 Å². The molecule has 4 heteroatoms. The van der Waals surface area contributed by atoms with Gasteiger partial charge in [-0.3, -0.25) is 4.98 Å². The van der Waals surface area contributed by atoms with Gasteiger partial charge in [0.2, 0.25) is 0 Å². The Kier molecular flexibility index (Phi) is 3.00. The Hall–Kier alpha value is -0.970. The number of likely N-dealkylation sites (N-methyl/N-ethyl adjacent to an activating group) is 1. The Morgan fingerprint density at radius 2 is 1.93 bits per heavy atom. The van der Waals surface area contributed by atoms with Crippen LogP contribution < -0.4 is 5.32 Å². The van der Waals surface area contributed by atoms with Gasteiger partial charge in [-0.25, -0.2) is 0 Å². The predicted molar refractivity (Wildman–Crippen MR) is 56.3 cm³/mol. The summed E-state index contributed by atoms with van der Waals surface area (Å²) in [5, 5.41) is 3.13. The molecule has 0 aliphatic carbocycles. The lowest BCUT2D eigenvalue weighted by atomic mass is 10.1. The van der Waals surface area contributed by atoms with Crippen LogP contribution in [0.5, 0.6) is 0 Å². The average Bonchev–Trinajstić information content (AvgIpc) is 2.31. The Bertz CT molecular complexity index is 308. The van der Waals surface area contributed by atoms with Crippen LogP contribution in [0.25, 0.3) is 0 Å². The highest BCUT2D eigenvalue weighted by molar-refractivity contribution is 5.16. The lowest BCUT2D eigenvalue weighted by molar-refractivity contribution is -0.272. The van der Waals surface area contributed by atoms with E-state index in [1.165, 1.54) is 0 Å². The summed E-state index contributed by atoms with van der Waals surface area (Å²) < 4.78 is 11.5. The molecule has 0 unspecified atom stereocenters. The third-order valence-electron chi connectivity index (χ3n) is 2.73. The maximum absolute atomic E-state index is 5.74. The van der Waals surface area contributed by atoms with Crippen molar-refractivity contribution in [1.29, 1.82) is 0 Å². The van der Waals surface area contributed by atoms with Gasteiger partial charge in [0.15, 0.2) is 5.79 Å². The molecule has 0 saturated carbocycles. The topological polar surface area (TPSA) is 43.4 Å². The average molecular weight is 208 g/mol. The summed E-state index contributed by atoms with van der Waals surface area (Å²) in [5.74, 6) is -0.629. The first-order valence-electron chi connectivity index (χ1n) is 5.10. The molecule has 0 aromatic carbocycles. The number of nitrogens with one attached hydrogen (secondary N) is 1. The molecule has 1 saturated heterocycles. The van der Waals surface area contributed by atoms with Gasteiger partial charge in [0.1, 0.15) is 0 Å². The molecule has 1 aromatic rings. The molecule has 1 aliphatic heterocycles. The minimum Gasteiger partial charge on any atom is -0.344 e. The lowest BCUT2D eigenvalue weighted by Gasteiger charge is -2.37. The number of aromatic nitrogens is 1. The summed E-state index contributed by atoms with van der Waals surface area (Å²) in [6, 6.07) is 4.11. The highest BCUT2D eigenvalue weighted by Crippen LogP contribution is 2.29. The number of rotatable bonds is 2. The highest BCUT2D eigenvalue weighted by Gasteiger charge is 2.34. The minimum atomic E-state index is -0.629. The van der Waals surface area contributed by atoms with E-state index in [0.717, 1.165) is 5.56 Å². The number of ether oxygens (including phenoxy) is 2. The maximum Gasteiger partial charge on any atom is 0.192 e. The third kappa shape index (κ3) is 2.17. The fourth-order valence-electron chi connectivity index (χ4n) is 1.60. The zero-order valence-corrected chi connectivity index (χ0v) is 9.06. The van der Waals surface area contributed by atoms with Gasteiger partial charge in [-0.05, 0) is 26.1 Å². The van der Waals surface area contributed by atoms with Crippen molar-refractivity contribution < 1.29 is 9.47 Å². The first-order valence-corrected chi connectivity index (χ1v) is 5.10. The summed E-state index contributed by atoms with van der Waals surface area (Å²) in [7, 11) is 1.91. The summed E-state index contributed by atoms with van der Waals surface area (Å²) >= 11 is 0. The van der Waals surface area contributed by atoms with E-state index in [1.54, 1.807) is 12.4 Å². The molecule has 1 N–H and O–H groups in total. The maximum atomic E-state index is 5.74. The van der Waals surface area contributed by atoms with Crippen LogP contribution in [0.2, 0.25) is 0 Å². The largest absolute Gasteiger partial charge is 0.344 e. The molecule has 15 heavy (non-hydrogen) atoms. The van der Waals surface area contributed by atoms with Crippen molar-refractivity contribution in [2.24, 2.45) is 0 Å². The molecule has 0 bridgehead atoms. The second-order valence-electron chi connectivity index (χ2n) is 3.79. The molecule has 0 atom stereocenters.